The summed E-state index contributed by atoms with van der Waals surface area (Å²) in [5, 5.41) is 20.2. The summed E-state index contributed by atoms with van der Waals surface area (Å²) in [6.45, 7) is 2.85. The van der Waals surface area contributed by atoms with Crippen molar-refractivity contribution < 1.29 is 15.0 Å². The van der Waals surface area contributed by atoms with Gasteiger partial charge in [-0.05, 0) is 36.6 Å². The van der Waals surface area contributed by atoms with Gasteiger partial charge in [-0.15, -0.1) is 11.3 Å². The van der Waals surface area contributed by atoms with Crippen molar-refractivity contribution in [2.24, 2.45) is 0 Å². The Morgan fingerprint density at radius 3 is 2.54 bits per heavy atom. The number of aryl methyl sites for hydroxylation is 1. The standard InChI is InChI=1S/C20H18N2O3S/c1-12-18(26-19(21-12)13-5-3-2-4-6-13)20(25)22-8-7-14-9-16(23)17(24)10-15(14)11-22/h2-6,9-10,23-24H,7-8,11H2,1H3. The van der Waals surface area contributed by atoms with Crippen LogP contribution in [-0.2, 0) is 13.0 Å². The summed E-state index contributed by atoms with van der Waals surface area (Å²) in [7, 11) is 0. The molecule has 3 aromatic rings. The number of phenols is 2. The first kappa shape index (κ1) is 16.6. The molecule has 0 bridgehead atoms. The van der Waals surface area contributed by atoms with Crippen LogP contribution in [0.2, 0.25) is 0 Å². The number of hydrogen-bond donors (Lipinski definition) is 2. The first-order chi connectivity index (χ1) is 12.5. The molecule has 6 heteroatoms. The Hall–Kier alpha value is -2.86. The van der Waals surface area contributed by atoms with Crippen molar-refractivity contribution in [1.29, 1.82) is 0 Å². The first-order valence-corrected chi connectivity index (χ1v) is 9.20. The van der Waals surface area contributed by atoms with Gasteiger partial charge in [-0.3, -0.25) is 4.79 Å². The average Bonchev–Trinajstić information content (AvgIpc) is 3.04. The van der Waals surface area contributed by atoms with Crippen LogP contribution in [0.25, 0.3) is 10.6 Å². The number of nitrogens with zero attached hydrogens (tertiary/aromatic N) is 2. The zero-order valence-corrected chi connectivity index (χ0v) is 15.1. The first-order valence-electron chi connectivity index (χ1n) is 8.39. The van der Waals surface area contributed by atoms with Crippen LogP contribution in [0, 0.1) is 6.92 Å². The monoisotopic (exact) mass is 366 g/mol. The minimum Gasteiger partial charge on any atom is -0.504 e. The van der Waals surface area contributed by atoms with Crippen molar-refractivity contribution in [2.45, 2.75) is 19.9 Å². The molecule has 1 aromatic heterocycles. The molecule has 0 fully saturated rings. The fourth-order valence-corrected chi connectivity index (χ4v) is 4.24. The highest BCUT2D eigenvalue weighted by Gasteiger charge is 2.26. The van der Waals surface area contributed by atoms with Crippen molar-refractivity contribution in [1.82, 2.24) is 9.88 Å². The van der Waals surface area contributed by atoms with E-state index in [-0.39, 0.29) is 17.4 Å². The van der Waals surface area contributed by atoms with Crippen molar-refractivity contribution in [3.05, 3.63) is 64.2 Å². The lowest BCUT2D eigenvalue weighted by atomic mass is 9.98. The van der Waals surface area contributed by atoms with Crippen LogP contribution < -0.4 is 0 Å². The summed E-state index contributed by atoms with van der Waals surface area (Å²) < 4.78 is 0. The van der Waals surface area contributed by atoms with Gasteiger partial charge in [0, 0.05) is 18.7 Å². The number of benzene rings is 2. The molecule has 2 N–H and O–H groups in total. The minimum absolute atomic E-state index is 0.0413. The summed E-state index contributed by atoms with van der Waals surface area (Å²) in [6, 6.07) is 13.0. The lowest BCUT2D eigenvalue weighted by Crippen LogP contribution is -2.35. The number of carbonyl (C=O) groups excluding carboxylic acids is 1. The lowest BCUT2D eigenvalue weighted by Gasteiger charge is -2.29. The minimum atomic E-state index is -0.154. The van der Waals surface area contributed by atoms with E-state index < -0.39 is 0 Å². The van der Waals surface area contributed by atoms with Crippen LogP contribution in [0.5, 0.6) is 11.5 Å². The molecule has 0 spiro atoms. The zero-order chi connectivity index (χ0) is 18.3. The number of hydrogen-bond acceptors (Lipinski definition) is 5. The third-order valence-electron chi connectivity index (χ3n) is 4.61. The highest BCUT2D eigenvalue weighted by atomic mass is 32.1. The Morgan fingerprint density at radius 2 is 1.81 bits per heavy atom. The Morgan fingerprint density at radius 1 is 1.12 bits per heavy atom. The molecule has 1 amide bonds. The van der Waals surface area contributed by atoms with Crippen molar-refractivity contribution in [2.75, 3.05) is 6.54 Å². The number of aromatic nitrogens is 1. The van der Waals surface area contributed by atoms with E-state index in [1.807, 2.05) is 37.3 Å². The Labute approximate surface area is 155 Å². The number of thiazole rings is 1. The molecule has 0 unspecified atom stereocenters. The molecule has 2 heterocycles. The smallest absolute Gasteiger partial charge is 0.266 e. The molecule has 26 heavy (non-hydrogen) atoms. The van der Waals surface area contributed by atoms with Crippen LogP contribution in [0.1, 0.15) is 26.5 Å². The van der Waals surface area contributed by atoms with Crippen LogP contribution in [0.4, 0.5) is 0 Å². The Balaban J connectivity index is 1.61. The molecule has 0 radical (unpaired) electrons. The SMILES string of the molecule is Cc1nc(-c2ccccc2)sc1C(=O)N1CCc2cc(O)c(O)cc2C1. The highest BCUT2D eigenvalue weighted by Crippen LogP contribution is 2.33. The molecule has 1 aliphatic heterocycles. The second-order valence-electron chi connectivity index (χ2n) is 6.39. The molecule has 0 saturated carbocycles. The van der Waals surface area contributed by atoms with E-state index in [2.05, 4.69) is 4.98 Å². The summed E-state index contributed by atoms with van der Waals surface area (Å²) in [5.74, 6) is -0.312. The Bertz CT molecular complexity index is 982. The summed E-state index contributed by atoms with van der Waals surface area (Å²) in [6.07, 6.45) is 0.651. The topological polar surface area (TPSA) is 73.7 Å². The molecular weight excluding hydrogens is 348 g/mol. The second kappa shape index (κ2) is 6.46. The normalized spacial score (nSPS) is 13.5. The van der Waals surface area contributed by atoms with E-state index in [9.17, 15) is 15.0 Å². The maximum atomic E-state index is 13.0. The molecule has 0 atom stereocenters. The van der Waals surface area contributed by atoms with Gasteiger partial charge in [-0.2, -0.15) is 0 Å². The average molecular weight is 366 g/mol. The van der Waals surface area contributed by atoms with E-state index in [1.165, 1.54) is 11.3 Å². The molecule has 5 nitrogen and oxygen atoms in total. The van der Waals surface area contributed by atoms with Crippen LogP contribution in [0.3, 0.4) is 0 Å². The van der Waals surface area contributed by atoms with E-state index in [0.29, 0.717) is 24.4 Å². The molecule has 0 saturated heterocycles. The number of phenolic OH excluding ortho intramolecular Hbond substituents is 2. The molecular formula is C20H18N2O3S. The quantitative estimate of drug-likeness (QED) is 0.678. The number of rotatable bonds is 2. The van der Waals surface area contributed by atoms with Crippen LogP contribution in [-0.4, -0.2) is 32.5 Å². The van der Waals surface area contributed by atoms with Gasteiger partial charge in [-0.25, -0.2) is 4.98 Å². The van der Waals surface area contributed by atoms with Gasteiger partial charge in [0.05, 0.1) is 5.69 Å². The number of aromatic hydroxyl groups is 2. The van der Waals surface area contributed by atoms with Gasteiger partial charge in [0.15, 0.2) is 11.5 Å². The summed E-state index contributed by atoms with van der Waals surface area (Å²) >= 11 is 1.41. The van der Waals surface area contributed by atoms with Gasteiger partial charge in [0.1, 0.15) is 9.88 Å². The zero-order valence-electron chi connectivity index (χ0n) is 14.3. The molecule has 4 rings (SSSR count). The fourth-order valence-electron chi connectivity index (χ4n) is 3.20. The predicted octanol–water partition coefficient (Wildman–Crippen LogP) is 3.73. The van der Waals surface area contributed by atoms with Gasteiger partial charge in [0.2, 0.25) is 0 Å². The predicted molar refractivity (Wildman–Crippen MR) is 101 cm³/mol. The molecule has 132 valence electrons. The largest absolute Gasteiger partial charge is 0.504 e. The summed E-state index contributed by atoms with van der Waals surface area (Å²) in [5.41, 5.74) is 3.57. The van der Waals surface area contributed by atoms with Crippen LogP contribution >= 0.6 is 11.3 Å². The third kappa shape index (κ3) is 2.93. The van der Waals surface area contributed by atoms with E-state index >= 15 is 0 Å². The maximum Gasteiger partial charge on any atom is 0.266 e. The number of carbonyl (C=O) groups is 1. The second-order valence-corrected chi connectivity index (χ2v) is 7.38. The van der Waals surface area contributed by atoms with E-state index in [0.717, 1.165) is 27.4 Å². The number of fused-ring (bicyclic) bond motifs is 1. The number of amides is 1. The van der Waals surface area contributed by atoms with Crippen molar-refractivity contribution in [3.63, 3.8) is 0 Å². The molecule has 0 aliphatic carbocycles. The molecule has 2 aromatic carbocycles. The van der Waals surface area contributed by atoms with Crippen molar-refractivity contribution in [3.8, 4) is 22.1 Å². The van der Waals surface area contributed by atoms with Gasteiger partial charge < -0.3 is 15.1 Å². The van der Waals surface area contributed by atoms with Crippen LogP contribution in [0.15, 0.2) is 42.5 Å². The fraction of sp³-hybridized carbons (Fsp3) is 0.200. The summed E-state index contributed by atoms with van der Waals surface area (Å²) in [4.78, 5) is 20.0. The lowest BCUT2D eigenvalue weighted by molar-refractivity contribution is 0.0738. The molecule has 1 aliphatic rings. The highest BCUT2D eigenvalue weighted by molar-refractivity contribution is 7.17. The third-order valence-corrected chi connectivity index (χ3v) is 5.80. The van der Waals surface area contributed by atoms with E-state index in [1.54, 1.807) is 17.0 Å². The maximum absolute atomic E-state index is 13.0. The Kier molecular flexibility index (Phi) is 4.12. The van der Waals surface area contributed by atoms with Gasteiger partial charge in [-0.1, -0.05) is 30.3 Å². The van der Waals surface area contributed by atoms with Crippen molar-refractivity contribution >= 4 is 17.2 Å². The van der Waals surface area contributed by atoms with Gasteiger partial charge in [0.25, 0.3) is 5.91 Å². The van der Waals surface area contributed by atoms with Gasteiger partial charge >= 0.3 is 0 Å². The van der Waals surface area contributed by atoms with E-state index in [4.69, 9.17) is 0 Å².